The van der Waals surface area contributed by atoms with Gasteiger partial charge in [-0.25, -0.2) is 4.98 Å². The molecule has 0 fully saturated rings. The SMILES string of the molecule is CC(C)(CCCO)CNc1nc(Cl)ncc1Cl. The van der Waals surface area contributed by atoms with Gasteiger partial charge in [-0.3, -0.25) is 0 Å². The van der Waals surface area contributed by atoms with Crippen LogP contribution in [0.15, 0.2) is 6.20 Å². The van der Waals surface area contributed by atoms with Crippen molar-refractivity contribution < 1.29 is 5.11 Å². The number of hydrogen-bond acceptors (Lipinski definition) is 4. The van der Waals surface area contributed by atoms with Gasteiger partial charge in [-0.15, -0.1) is 0 Å². The van der Waals surface area contributed by atoms with Crippen LogP contribution in [0.3, 0.4) is 0 Å². The number of halogens is 2. The van der Waals surface area contributed by atoms with E-state index in [0.717, 1.165) is 12.8 Å². The van der Waals surface area contributed by atoms with Gasteiger partial charge in [0.1, 0.15) is 10.8 Å². The number of aliphatic hydroxyl groups is 1. The van der Waals surface area contributed by atoms with Gasteiger partial charge in [0, 0.05) is 13.2 Å². The van der Waals surface area contributed by atoms with Gasteiger partial charge in [0.15, 0.2) is 0 Å². The maximum absolute atomic E-state index is 8.82. The van der Waals surface area contributed by atoms with Crippen molar-refractivity contribution in [2.24, 2.45) is 5.41 Å². The van der Waals surface area contributed by atoms with Gasteiger partial charge in [-0.1, -0.05) is 25.4 Å². The molecule has 4 nitrogen and oxygen atoms in total. The molecule has 0 saturated heterocycles. The van der Waals surface area contributed by atoms with Crippen molar-refractivity contribution >= 4 is 29.0 Å². The highest BCUT2D eigenvalue weighted by Gasteiger charge is 2.18. The van der Waals surface area contributed by atoms with E-state index in [1.807, 2.05) is 0 Å². The molecule has 0 saturated carbocycles. The third-order valence-electron chi connectivity index (χ3n) is 2.46. The van der Waals surface area contributed by atoms with Crippen LogP contribution in [0.5, 0.6) is 0 Å². The Kier molecular flexibility index (Phi) is 5.43. The lowest BCUT2D eigenvalue weighted by Gasteiger charge is -2.25. The van der Waals surface area contributed by atoms with Crippen LogP contribution in [0.2, 0.25) is 10.3 Å². The summed E-state index contributed by atoms with van der Waals surface area (Å²) in [5, 5.41) is 12.6. The Labute approximate surface area is 111 Å². The van der Waals surface area contributed by atoms with Crippen LogP contribution in [-0.4, -0.2) is 28.2 Å². The van der Waals surface area contributed by atoms with Crippen molar-refractivity contribution in [3.63, 3.8) is 0 Å². The van der Waals surface area contributed by atoms with Gasteiger partial charge in [0.25, 0.3) is 0 Å². The van der Waals surface area contributed by atoms with Gasteiger partial charge in [-0.2, -0.15) is 4.98 Å². The quantitative estimate of drug-likeness (QED) is 0.785. The molecule has 0 bridgehead atoms. The molecule has 0 aliphatic heterocycles. The molecule has 1 aromatic rings. The van der Waals surface area contributed by atoms with Crippen LogP contribution in [0.4, 0.5) is 5.82 Å². The highest BCUT2D eigenvalue weighted by atomic mass is 35.5. The monoisotopic (exact) mass is 277 g/mol. The standard InChI is InChI=1S/C11H17Cl2N3O/c1-11(2,4-3-5-17)7-15-9-8(12)6-14-10(13)16-9/h6,17H,3-5,7H2,1-2H3,(H,14,15,16). The zero-order chi connectivity index (χ0) is 12.9. The number of hydrogen-bond donors (Lipinski definition) is 2. The average molecular weight is 278 g/mol. The second kappa shape index (κ2) is 6.38. The molecule has 0 aliphatic rings. The predicted molar refractivity (Wildman–Crippen MR) is 70.6 cm³/mol. The molecule has 0 aliphatic carbocycles. The Bertz CT molecular complexity index is 372. The van der Waals surface area contributed by atoms with Crippen LogP contribution < -0.4 is 5.32 Å². The van der Waals surface area contributed by atoms with Gasteiger partial charge in [0.05, 0.1) is 6.20 Å². The number of aliphatic hydroxyl groups excluding tert-OH is 1. The van der Waals surface area contributed by atoms with Crippen LogP contribution in [0.1, 0.15) is 26.7 Å². The van der Waals surface area contributed by atoms with E-state index in [-0.39, 0.29) is 17.3 Å². The van der Waals surface area contributed by atoms with Crippen LogP contribution in [0.25, 0.3) is 0 Å². The first kappa shape index (κ1) is 14.5. The van der Waals surface area contributed by atoms with E-state index >= 15 is 0 Å². The third kappa shape index (κ3) is 5.06. The lowest BCUT2D eigenvalue weighted by Crippen LogP contribution is -2.24. The first-order valence-corrected chi connectivity index (χ1v) is 6.23. The first-order valence-electron chi connectivity index (χ1n) is 5.47. The first-order chi connectivity index (χ1) is 7.94. The Morgan fingerprint density at radius 1 is 1.41 bits per heavy atom. The number of anilines is 1. The Morgan fingerprint density at radius 3 is 2.76 bits per heavy atom. The summed E-state index contributed by atoms with van der Waals surface area (Å²) in [4.78, 5) is 7.80. The Balaban J connectivity index is 2.57. The lowest BCUT2D eigenvalue weighted by atomic mass is 9.88. The normalized spacial score (nSPS) is 11.6. The van der Waals surface area contributed by atoms with Crippen molar-refractivity contribution in [2.45, 2.75) is 26.7 Å². The van der Waals surface area contributed by atoms with Crippen molar-refractivity contribution in [1.82, 2.24) is 9.97 Å². The Hall–Kier alpha value is -0.580. The average Bonchev–Trinajstić information content (AvgIpc) is 2.28. The molecule has 0 unspecified atom stereocenters. The third-order valence-corrected chi connectivity index (χ3v) is 2.92. The minimum Gasteiger partial charge on any atom is -0.396 e. The summed E-state index contributed by atoms with van der Waals surface area (Å²) in [6.07, 6.45) is 3.18. The van der Waals surface area contributed by atoms with E-state index in [1.54, 1.807) is 0 Å². The molecule has 1 heterocycles. The molecule has 0 atom stereocenters. The molecule has 96 valence electrons. The lowest BCUT2D eigenvalue weighted by molar-refractivity contribution is 0.248. The van der Waals surface area contributed by atoms with Gasteiger partial charge < -0.3 is 10.4 Å². The second-order valence-corrected chi connectivity index (χ2v) is 5.43. The molecule has 17 heavy (non-hydrogen) atoms. The summed E-state index contributed by atoms with van der Waals surface area (Å²) in [6, 6.07) is 0. The fourth-order valence-electron chi connectivity index (χ4n) is 1.44. The van der Waals surface area contributed by atoms with E-state index in [9.17, 15) is 0 Å². The minimum atomic E-state index is 0.0590. The fraction of sp³-hybridized carbons (Fsp3) is 0.636. The van der Waals surface area contributed by atoms with Crippen molar-refractivity contribution in [3.8, 4) is 0 Å². The molecule has 0 aromatic carbocycles. The number of nitrogens with zero attached hydrogens (tertiary/aromatic N) is 2. The van der Waals surface area contributed by atoms with Crippen LogP contribution >= 0.6 is 23.2 Å². The van der Waals surface area contributed by atoms with E-state index in [0.29, 0.717) is 17.4 Å². The van der Waals surface area contributed by atoms with Crippen LogP contribution in [-0.2, 0) is 0 Å². The smallest absolute Gasteiger partial charge is 0.224 e. The zero-order valence-electron chi connectivity index (χ0n) is 10.0. The molecular weight excluding hydrogens is 261 g/mol. The van der Waals surface area contributed by atoms with E-state index in [4.69, 9.17) is 28.3 Å². The summed E-state index contributed by atoms with van der Waals surface area (Å²) >= 11 is 11.6. The molecule has 6 heteroatoms. The molecule has 1 rings (SSSR count). The Morgan fingerprint density at radius 2 is 2.12 bits per heavy atom. The van der Waals surface area contributed by atoms with E-state index < -0.39 is 0 Å². The number of nitrogens with one attached hydrogen (secondary N) is 1. The van der Waals surface area contributed by atoms with Crippen molar-refractivity contribution in [1.29, 1.82) is 0 Å². The van der Waals surface area contributed by atoms with Gasteiger partial charge in [0.2, 0.25) is 5.28 Å². The maximum atomic E-state index is 8.82. The highest BCUT2D eigenvalue weighted by molar-refractivity contribution is 6.33. The molecule has 0 radical (unpaired) electrons. The predicted octanol–water partition coefficient (Wildman–Crippen LogP) is 2.99. The largest absolute Gasteiger partial charge is 0.396 e. The number of aromatic nitrogens is 2. The molecule has 1 aromatic heterocycles. The summed E-state index contributed by atoms with van der Waals surface area (Å²) in [5.41, 5.74) is 0.0590. The molecule has 0 spiro atoms. The molecule has 0 amide bonds. The topological polar surface area (TPSA) is 58.0 Å². The summed E-state index contributed by atoms with van der Waals surface area (Å²) in [6.45, 7) is 5.16. The summed E-state index contributed by atoms with van der Waals surface area (Å²) < 4.78 is 0. The van der Waals surface area contributed by atoms with Crippen LogP contribution in [0, 0.1) is 5.41 Å². The second-order valence-electron chi connectivity index (χ2n) is 4.68. The zero-order valence-corrected chi connectivity index (χ0v) is 11.5. The van der Waals surface area contributed by atoms with Crippen molar-refractivity contribution in [3.05, 3.63) is 16.5 Å². The highest BCUT2D eigenvalue weighted by Crippen LogP contribution is 2.25. The van der Waals surface area contributed by atoms with Gasteiger partial charge in [-0.05, 0) is 29.9 Å². The molecule has 2 N–H and O–H groups in total. The van der Waals surface area contributed by atoms with Gasteiger partial charge >= 0.3 is 0 Å². The van der Waals surface area contributed by atoms with E-state index in [1.165, 1.54) is 6.20 Å². The molecular formula is C11H17Cl2N3O. The maximum Gasteiger partial charge on any atom is 0.224 e. The summed E-state index contributed by atoms with van der Waals surface area (Å²) in [5.74, 6) is 0.545. The van der Waals surface area contributed by atoms with E-state index in [2.05, 4.69) is 29.1 Å². The fourth-order valence-corrected chi connectivity index (χ4v) is 1.73. The minimum absolute atomic E-state index is 0.0590. The summed E-state index contributed by atoms with van der Waals surface area (Å²) in [7, 11) is 0. The number of rotatable bonds is 6. The van der Waals surface area contributed by atoms with Crippen molar-refractivity contribution in [2.75, 3.05) is 18.5 Å².